The maximum absolute atomic E-state index is 13.2. The molecule has 0 spiro atoms. The Bertz CT molecular complexity index is 1520. The summed E-state index contributed by atoms with van der Waals surface area (Å²) in [5, 5.41) is 7.11. The molecule has 0 aliphatic carbocycles. The van der Waals surface area contributed by atoms with Crippen LogP contribution in [0.1, 0.15) is 60.5 Å². The van der Waals surface area contributed by atoms with Gasteiger partial charge in [0.15, 0.2) is 0 Å². The Balaban J connectivity index is 1.24. The Morgan fingerprint density at radius 3 is 2.71 bits per heavy atom. The highest BCUT2D eigenvalue weighted by atomic mass is 16.6. The third-order valence-electron chi connectivity index (χ3n) is 6.32. The maximum atomic E-state index is 13.2. The first kappa shape index (κ1) is 25.2. The molecule has 0 saturated carbocycles. The maximum Gasteiger partial charge on any atom is 0.338 e. The lowest BCUT2D eigenvalue weighted by molar-refractivity contribution is -0.121. The zero-order valence-electron chi connectivity index (χ0n) is 21.6. The van der Waals surface area contributed by atoms with Gasteiger partial charge in [0.25, 0.3) is 5.56 Å². The minimum Gasteiger partial charge on any atom is -0.456 e. The first-order valence-corrected chi connectivity index (χ1v) is 12.5. The van der Waals surface area contributed by atoms with Crippen LogP contribution in [0.2, 0.25) is 0 Å². The summed E-state index contributed by atoms with van der Waals surface area (Å²) >= 11 is 0. The van der Waals surface area contributed by atoms with Gasteiger partial charge in [-0.05, 0) is 63.4 Å². The average Bonchev–Trinajstić information content (AvgIpc) is 3.31. The third-order valence-corrected chi connectivity index (χ3v) is 6.32. The Hall–Kier alpha value is -4.47. The van der Waals surface area contributed by atoms with Crippen LogP contribution in [0.15, 0.2) is 59.9 Å². The molecule has 0 fully saturated rings. The molecule has 1 atom stereocenters. The molecule has 0 bridgehead atoms. The van der Waals surface area contributed by atoms with Gasteiger partial charge in [-0.15, -0.1) is 0 Å². The fraction of sp³-hybridized carbons (Fsp3) is 0.321. The number of nitrogens with one attached hydrogen (secondary N) is 3. The van der Waals surface area contributed by atoms with Gasteiger partial charge in [0.2, 0.25) is 5.91 Å². The van der Waals surface area contributed by atoms with E-state index in [1.165, 1.54) is 10.9 Å². The second-order valence-electron chi connectivity index (χ2n) is 10.4. The number of nitrogens with zero attached hydrogens (tertiary/aromatic N) is 3. The molecule has 1 aliphatic rings. The fourth-order valence-electron chi connectivity index (χ4n) is 4.47. The topological polar surface area (TPSA) is 131 Å². The van der Waals surface area contributed by atoms with Crippen LogP contribution in [0.3, 0.4) is 0 Å². The van der Waals surface area contributed by atoms with E-state index in [0.29, 0.717) is 29.9 Å². The Morgan fingerprint density at radius 2 is 1.97 bits per heavy atom. The van der Waals surface area contributed by atoms with E-state index in [0.717, 1.165) is 28.6 Å². The molecular weight excluding hydrogens is 484 g/mol. The van der Waals surface area contributed by atoms with Gasteiger partial charge in [0.05, 0.1) is 30.2 Å². The highest BCUT2D eigenvalue weighted by molar-refractivity contribution is 5.89. The van der Waals surface area contributed by atoms with Crippen molar-refractivity contribution in [1.82, 2.24) is 24.8 Å². The van der Waals surface area contributed by atoms with Gasteiger partial charge >= 0.3 is 5.97 Å². The van der Waals surface area contributed by atoms with Crippen molar-refractivity contribution >= 4 is 28.5 Å². The van der Waals surface area contributed by atoms with E-state index >= 15 is 0 Å². The van der Waals surface area contributed by atoms with Crippen molar-refractivity contribution in [3.63, 3.8) is 0 Å². The molecule has 1 aliphatic heterocycles. The lowest BCUT2D eigenvalue weighted by Crippen LogP contribution is -2.35. The number of carbonyl (C=O) groups is 2. The van der Waals surface area contributed by atoms with E-state index in [1.807, 2.05) is 45.0 Å². The number of pyridine rings is 1. The van der Waals surface area contributed by atoms with Crippen molar-refractivity contribution in [2.24, 2.45) is 0 Å². The van der Waals surface area contributed by atoms with Gasteiger partial charge in [-0.1, -0.05) is 12.1 Å². The predicted molar refractivity (Wildman–Crippen MR) is 143 cm³/mol. The van der Waals surface area contributed by atoms with Gasteiger partial charge in [-0.3, -0.25) is 19.1 Å². The number of anilines is 1. The van der Waals surface area contributed by atoms with Crippen LogP contribution >= 0.6 is 0 Å². The number of rotatable bonds is 6. The monoisotopic (exact) mass is 514 g/mol. The molecule has 3 aromatic heterocycles. The minimum atomic E-state index is -0.567. The summed E-state index contributed by atoms with van der Waals surface area (Å²) in [6.45, 7) is 5.65. The van der Waals surface area contributed by atoms with Crippen molar-refractivity contribution < 1.29 is 14.3 Å². The minimum absolute atomic E-state index is 0.120. The van der Waals surface area contributed by atoms with Gasteiger partial charge < -0.3 is 20.4 Å². The molecule has 10 nitrogen and oxygen atoms in total. The number of ether oxygens (including phenoxy) is 1. The average molecular weight is 515 g/mol. The fourth-order valence-corrected chi connectivity index (χ4v) is 4.47. The van der Waals surface area contributed by atoms with Gasteiger partial charge in [-0.2, -0.15) is 0 Å². The molecule has 5 rings (SSSR count). The molecule has 10 heteroatoms. The smallest absolute Gasteiger partial charge is 0.338 e. The van der Waals surface area contributed by atoms with Crippen LogP contribution in [0.25, 0.3) is 10.9 Å². The van der Waals surface area contributed by atoms with Crippen LogP contribution in [0.5, 0.6) is 0 Å². The normalized spacial score (nSPS) is 15.0. The van der Waals surface area contributed by atoms with E-state index in [4.69, 9.17) is 4.74 Å². The van der Waals surface area contributed by atoms with Crippen molar-refractivity contribution in [2.45, 2.75) is 58.3 Å². The molecule has 1 unspecified atom stereocenters. The summed E-state index contributed by atoms with van der Waals surface area (Å²) in [6.07, 6.45) is 6.25. The number of benzene rings is 1. The number of fused-ring (bicyclic) bond motifs is 2. The third kappa shape index (κ3) is 5.59. The number of aromatic nitrogens is 4. The molecule has 1 aromatic carbocycles. The molecule has 0 saturated heterocycles. The zero-order chi connectivity index (χ0) is 26.9. The Kier molecular flexibility index (Phi) is 6.71. The molecule has 4 aromatic rings. The van der Waals surface area contributed by atoms with Crippen LogP contribution < -0.4 is 16.2 Å². The van der Waals surface area contributed by atoms with Gasteiger partial charge in [0, 0.05) is 29.0 Å². The first-order chi connectivity index (χ1) is 18.2. The Morgan fingerprint density at radius 1 is 1.18 bits per heavy atom. The summed E-state index contributed by atoms with van der Waals surface area (Å²) in [6, 6.07) is 10.9. The second-order valence-corrected chi connectivity index (χ2v) is 10.4. The van der Waals surface area contributed by atoms with Crippen LogP contribution in [-0.2, 0) is 29.0 Å². The number of carbonyl (C=O) groups excluding carboxylic acids is 2. The van der Waals surface area contributed by atoms with E-state index in [1.54, 1.807) is 24.5 Å². The number of hydrogen-bond acceptors (Lipinski definition) is 7. The predicted octanol–water partition coefficient (Wildman–Crippen LogP) is 3.49. The van der Waals surface area contributed by atoms with Gasteiger partial charge in [-0.25, -0.2) is 9.78 Å². The first-order valence-electron chi connectivity index (χ1n) is 12.5. The molecule has 196 valence electrons. The zero-order valence-corrected chi connectivity index (χ0v) is 21.6. The lowest BCUT2D eigenvalue weighted by Gasteiger charge is -2.27. The molecule has 4 heterocycles. The highest BCUT2D eigenvalue weighted by Crippen LogP contribution is 2.29. The van der Waals surface area contributed by atoms with E-state index in [-0.39, 0.29) is 30.0 Å². The Labute approximate surface area is 219 Å². The number of esters is 1. The summed E-state index contributed by atoms with van der Waals surface area (Å²) < 4.78 is 6.74. The van der Waals surface area contributed by atoms with Crippen LogP contribution in [0, 0.1) is 0 Å². The largest absolute Gasteiger partial charge is 0.456 e. The SMILES string of the molecule is CC(C)(C)OC(=O)c1ccc(C2CCc3ncn(CC(=O)NCc4cc5cnccc5[nH]4)c(=O)c3N2)cc1. The summed E-state index contributed by atoms with van der Waals surface area (Å²) in [5.41, 5.74) is 3.43. The number of hydrogen-bond donors (Lipinski definition) is 3. The highest BCUT2D eigenvalue weighted by Gasteiger charge is 2.25. The van der Waals surface area contributed by atoms with Gasteiger partial charge in [0.1, 0.15) is 17.8 Å². The van der Waals surface area contributed by atoms with Crippen molar-refractivity contribution in [3.05, 3.63) is 88.0 Å². The molecular formula is C28H30N6O4. The van der Waals surface area contributed by atoms with Crippen molar-refractivity contribution in [3.8, 4) is 0 Å². The molecule has 38 heavy (non-hydrogen) atoms. The number of H-pyrrole nitrogens is 1. The summed E-state index contributed by atoms with van der Waals surface area (Å²) in [7, 11) is 0. The van der Waals surface area contributed by atoms with E-state index in [2.05, 4.69) is 25.6 Å². The summed E-state index contributed by atoms with van der Waals surface area (Å²) in [5.74, 6) is -0.673. The molecule has 0 radical (unpaired) electrons. The quantitative estimate of drug-likeness (QED) is 0.336. The lowest BCUT2D eigenvalue weighted by atomic mass is 9.96. The molecule has 1 amide bonds. The second kappa shape index (κ2) is 10.1. The standard InChI is InChI=1S/C28H30N6O4/c1-28(2,3)38-27(37)18-6-4-17(5-7-18)21-8-9-23-25(33-21)26(36)34(16-31-23)15-24(35)30-14-20-12-19-13-29-11-10-22(19)32-20/h4-7,10-13,16,21,32-33H,8-9,14-15H2,1-3H3,(H,30,35). The van der Waals surface area contributed by atoms with E-state index in [9.17, 15) is 14.4 Å². The molecule has 3 N–H and O–H groups in total. The van der Waals surface area contributed by atoms with Crippen molar-refractivity contribution in [2.75, 3.05) is 5.32 Å². The number of aromatic amines is 1. The number of aryl methyl sites for hydroxylation is 1. The van der Waals surface area contributed by atoms with Crippen LogP contribution in [0.4, 0.5) is 5.69 Å². The van der Waals surface area contributed by atoms with Crippen molar-refractivity contribution in [1.29, 1.82) is 0 Å². The van der Waals surface area contributed by atoms with E-state index < -0.39 is 5.60 Å². The van der Waals surface area contributed by atoms with Crippen LogP contribution in [-0.4, -0.2) is 37.0 Å². The summed E-state index contributed by atoms with van der Waals surface area (Å²) in [4.78, 5) is 49.9. The number of amides is 1.